The quantitative estimate of drug-likeness (QED) is 0.903. The van der Waals surface area contributed by atoms with Crippen LogP contribution >= 0.6 is 0 Å². The zero-order chi connectivity index (χ0) is 14.5. The standard InChI is InChI=1S/C17H25NO3/c1-18-16(12-20-15-5-3-2-4-6-15)14-7-9-21-17(11-14)8-10-19-13-17/h2-6,14,16,18H,7-13H2,1H3. The minimum absolute atomic E-state index is 0.0369. The highest BCUT2D eigenvalue weighted by Gasteiger charge is 2.42. The molecule has 1 aromatic rings. The lowest BCUT2D eigenvalue weighted by molar-refractivity contribution is -0.104. The van der Waals surface area contributed by atoms with Gasteiger partial charge in [0, 0.05) is 25.7 Å². The zero-order valence-corrected chi connectivity index (χ0v) is 12.7. The van der Waals surface area contributed by atoms with Gasteiger partial charge in [0.2, 0.25) is 0 Å². The summed E-state index contributed by atoms with van der Waals surface area (Å²) in [5.41, 5.74) is -0.0369. The van der Waals surface area contributed by atoms with Crippen molar-refractivity contribution in [2.75, 3.05) is 33.5 Å². The maximum absolute atomic E-state index is 6.02. The van der Waals surface area contributed by atoms with Crippen molar-refractivity contribution in [3.8, 4) is 5.75 Å². The number of nitrogens with one attached hydrogen (secondary N) is 1. The Labute approximate surface area is 126 Å². The van der Waals surface area contributed by atoms with Crippen molar-refractivity contribution in [1.82, 2.24) is 5.32 Å². The Bertz CT molecular complexity index is 431. The molecule has 1 spiro atoms. The van der Waals surface area contributed by atoms with E-state index in [1.165, 1.54) is 0 Å². The van der Waals surface area contributed by atoms with Crippen molar-refractivity contribution in [2.24, 2.45) is 5.92 Å². The number of ether oxygens (including phenoxy) is 3. The molecule has 2 aliphatic heterocycles. The molecule has 3 atom stereocenters. The summed E-state index contributed by atoms with van der Waals surface area (Å²) in [6.45, 7) is 3.11. The lowest BCUT2D eigenvalue weighted by Crippen LogP contribution is -2.48. The smallest absolute Gasteiger partial charge is 0.119 e. The molecule has 1 N–H and O–H groups in total. The number of benzene rings is 1. The topological polar surface area (TPSA) is 39.7 Å². The fourth-order valence-electron chi connectivity index (χ4n) is 3.43. The number of rotatable bonds is 5. The molecule has 0 aliphatic carbocycles. The molecule has 116 valence electrons. The fourth-order valence-corrected chi connectivity index (χ4v) is 3.43. The van der Waals surface area contributed by atoms with Crippen molar-refractivity contribution in [1.29, 1.82) is 0 Å². The lowest BCUT2D eigenvalue weighted by Gasteiger charge is -2.40. The van der Waals surface area contributed by atoms with Crippen LogP contribution in [0.2, 0.25) is 0 Å². The molecule has 2 heterocycles. The SMILES string of the molecule is CNC(COc1ccccc1)C1CCOC2(CCOC2)C1. The molecule has 2 saturated heterocycles. The number of hydrogen-bond donors (Lipinski definition) is 1. The predicted molar refractivity (Wildman–Crippen MR) is 81.6 cm³/mol. The monoisotopic (exact) mass is 291 g/mol. The van der Waals surface area contributed by atoms with Crippen molar-refractivity contribution in [2.45, 2.75) is 30.9 Å². The van der Waals surface area contributed by atoms with Crippen LogP contribution in [0.15, 0.2) is 30.3 Å². The molecular weight excluding hydrogens is 266 g/mol. The average molecular weight is 291 g/mol. The molecule has 4 nitrogen and oxygen atoms in total. The molecule has 3 rings (SSSR count). The molecule has 1 aromatic carbocycles. The van der Waals surface area contributed by atoms with E-state index in [2.05, 4.69) is 5.32 Å². The largest absolute Gasteiger partial charge is 0.492 e. The van der Waals surface area contributed by atoms with Gasteiger partial charge in [0.25, 0.3) is 0 Å². The van der Waals surface area contributed by atoms with E-state index in [0.717, 1.165) is 44.8 Å². The van der Waals surface area contributed by atoms with Gasteiger partial charge in [0.1, 0.15) is 12.4 Å². The minimum atomic E-state index is -0.0369. The van der Waals surface area contributed by atoms with Crippen LogP contribution in [0.1, 0.15) is 19.3 Å². The molecule has 21 heavy (non-hydrogen) atoms. The van der Waals surface area contributed by atoms with Crippen LogP contribution in [0.25, 0.3) is 0 Å². The van der Waals surface area contributed by atoms with E-state index in [1.807, 2.05) is 37.4 Å². The van der Waals surface area contributed by atoms with Gasteiger partial charge in [0.05, 0.1) is 12.2 Å². The highest BCUT2D eigenvalue weighted by atomic mass is 16.6. The summed E-state index contributed by atoms with van der Waals surface area (Å²) < 4.78 is 17.5. The third-order valence-corrected chi connectivity index (χ3v) is 4.71. The van der Waals surface area contributed by atoms with Crippen LogP contribution in [-0.2, 0) is 9.47 Å². The summed E-state index contributed by atoms with van der Waals surface area (Å²) in [7, 11) is 2.02. The van der Waals surface area contributed by atoms with E-state index >= 15 is 0 Å². The first kappa shape index (κ1) is 14.8. The van der Waals surface area contributed by atoms with Gasteiger partial charge in [-0.05, 0) is 37.9 Å². The van der Waals surface area contributed by atoms with Crippen molar-refractivity contribution in [3.05, 3.63) is 30.3 Å². The Hall–Kier alpha value is -1.10. The van der Waals surface area contributed by atoms with Crippen molar-refractivity contribution in [3.63, 3.8) is 0 Å². The van der Waals surface area contributed by atoms with Crippen molar-refractivity contribution < 1.29 is 14.2 Å². The number of para-hydroxylation sites is 1. The Kier molecular flexibility index (Phi) is 4.78. The first-order valence-corrected chi connectivity index (χ1v) is 7.88. The molecule has 2 aliphatic rings. The maximum Gasteiger partial charge on any atom is 0.119 e. The first-order chi connectivity index (χ1) is 10.3. The zero-order valence-electron chi connectivity index (χ0n) is 12.7. The Morgan fingerprint density at radius 2 is 2.19 bits per heavy atom. The fraction of sp³-hybridized carbons (Fsp3) is 0.647. The van der Waals surface area contributed by atoms with Gasteiger partial charge in [-0.25, -0.2) is 0 Å². The third-order valence-electron chi connectivity index (χ3n) is 4.71. The normalized spacial score (nSPS) is 30.4. The Morgan fingerprint density at radius 3 is 2.90 bits per heavy atom. The molecule has 0 bridgehead atoms. The second-order valence-electron chi connectivity index (χ2n) is 6.11. The summed E-state index contributed by atoms with van der Waals surface area (Å²) in [4.78, 5) is 0. The van der Waals surface area contributed by atoms with Crippen LogP contribution in [-0.4, -0.2) is 45.1 Å². The van der Waals surface area contributed by atoms with E-state index in [-0.39, 0.29) is 5.60 Å². The third kappa shape index (κ3) is 3.57. The molecule has 2 fully saturated rings. The van der Waals surface area contributed by atoms with Crippen LogP contribution in [0.4, 0.5) is 0 Å². The lowest BCUT2D eigenvalue weighted by atomic mass is 9.81. The second-order valence-corrected chi connectivity index (χ2v) is 6.11. The van der Waals surface area contributed by atoms with Crippen LogP contribution < -0.4 is 10.1 Å². The van der Waals surface area contributed by atoms with Gasteiger partial charge in [-0.3, -0.25) is 0 Å². The molecular formula is C17H25NO3. The molecule has 0 aromatic heterocycles. The molecule has 3 unspecified atom stereocenters. The second kappa shape index (κ2) is 6.77. The highest BCUT2D eigenvalue weighted by Crippen LogP contribution is 2.37. The van der Waals surface area contributed by atoms with Crippen LogP contribution in [0, 0.1) is 5.92 Å². The first-order valence-electron chi connectivity index (χ1n) is 7.88. The van der Waals surface area contributed by atoms with Gasteiger partial charge in [-0.2, -0.15) is 0 Å². The van der Waals surface area contributed by atoms with E-state index in [0.29, 0.717) is 18.6 Å². The molecule has 0 amide bonds. The Balaban J connectivity index is 1.57. The van der Waals surface area contributed by atoms with E-state index in [9.17, 15) is 0 Å². The van der Waals surface area contributed by atoms with Gasteiger partial charge in [-0.1, -0.05) is 18.2 Å². The number of likely N-dealkylation sites (N-methyl/N-ethyl adjacent to an activating group) is 1. The van der Waals surface area contributed by atoms with Gasteiger partial charge in [-0.15, -0.1) is 0 Å². The van der Waals surface area contributed by atoms with E-state index in [4.69, 9.17) is 14.2 Å². The summed E-state index contributed by atoms with van der Waals surface area (Å²) >= 11 is 0. The molecule has 0 radical (unpaired) electrons. The summed E-state index contributed by atoms with van der Waals surface area (Å²) in [5.74, 6) is 1.51. The summed E-state index contributed by atoms with van der Waals surface area (Å²) in [6, 6.07) is 10.4. The summed E-state index contributed by atoms with van der Waals surface area (Å²) in [6.07, 6.45) is 3.18. The molecule has 4 heteroatoms. The van der Waals surface area contributed by atoms with E-state index < -0.39 is 0 Å². The van der Waals surface area contributed by atoms with Gasteiger partial charge >= 0.3 is 0 Å². The maximum atomic E-state index is 6.02. The van der Waals surface area contributed by atoms with Crippen molar-refractivity contribution >= 4 is 0 Å². The number of hydrogen-bond acceptors (Lipinski definition) is 4. The summed E-state index contributed by atoms with van der Waals surface area (Å²) in [5, 5.41) is 3.43. The minimum Gasteiger partial charge on any atom is -0.492 e. The van der Waals surface area contributed by atoms with E-state index in [1.54, 1.807) is 0 Å². The van der Waals surface area contributed by atoms with Gasteiger partial charge < -0.3 is 19.5 Å². The average Bonchev–Trinajstić information content (AvgIpc) is 2.97. The Morgan fingerprint density at radius 1 is 1.33 bits per heavy atom. The van der Waals surface area contributed by atoms with Gasteiger partial charge in [0.15, 0.2) is 0 Å². The van der Waals surface area contributed by atoms with Crippen LogP contribution in [0.3, 0.4) is 0 Å². The molecule has 0 saturated carbocycles. The predicted octanol–water partition coefficient (Wildman–Crippen LogP) is 2.24. The highest BCUT2D eigenvalue weighted by molar-refractivity contribution is 5.21. The van der Waals surface area contributed by atoms with Crippen LogP contribution in [0.5, 0.6) is 5.75 Å².